The Morgan fingerprint density at radius 3 is 1.40 bits per heavy atom. The molecular weight excluding hydrogens is 695 g/mol. The fourth-order valence-corrected chi connectivity index (χ4v) is 9.57. The first-order valence-electron chi connectivity index (χ1n) is 22.7. The summed E-state index contributed by atoms with van der Waals surface area (Å²) in [6.45, 7) is 18.5. The first kappa shape index (κ1) is 50.5. The molecule has 312 valence electrons. The zero-order valence-electron chi connectivity index (χ0n) is 36.2. The van der Waals surface area contributed by atoms with Crippen LogP contribution in [0.25, 0.3) is 0 Å². The molecule has 53 heavy (non-hydrogen) atoms. The third kappa shape index (κ3) is 26.1. The lowest BCUT2D eigenvalue weighted by atomic mass is 9.87. The summed E-state index contributed by atoms with van der Waals surface area (Å²) in [6.07, 6.45) is 30.6. The Labute approximate surface area is 338 Å². The molecule has 1 aliphatic rings. The summed E-state index contributed by atoms with van der Waals surface area (Å²) in [5.74, 6) is 2.33. The van der Waals surface area contributed by atoms with E-state index in [0.717, 1.165) is 121 Å². The third-order valence-electron chi connectivity index (χ3n) is 11.6. The Balaban J connectivity index is 2.45. The van der Waals surface area contributed by atoms with E-state index in [1.165, 1.54) is 77.0 Å². The van der Waals surface area contributed by atoms with Crippen molar-refractivity contribution in [2.24, 2.45) is 16.7 Å². The van der Waals surface area contributed by atoms with Gasteiger partial charge in [-0.3, -0.25) is 14.4 Å². The molecule has 1 rings (SSSR count). The first-order valence-corrected chi connectivity index (χ1v) is 24.7. The second kappa shape index (κ2) is 31.5. The van der Waals surface area contributed by atoms with Crippen molar-refractivity contribution in [2.75, 3.05) is 31.1 Å². The van der Waals surface area contributed by atoms with Gasteiger partial charge >= 0.3 is 5.97 Å². The van der Waals surface area contributed by atoms with Crippen molar-refractivity contribution in [1.82, 2.24) is 4.90 Å². The number of nitrogens with zero attached hydrogens (tertiary/aromatic N) is 1. The van der Waals surface area contributed by atoms with Gasteiger partial charge in [-0.05, 0) is 89.8 Å². The van der Waals surface area contributed by atoms with Crippen LogP contribution in [0.5, 0.6) is 0 Å². The highest BCUT2D eigenvalue weighted by molar-refractivity contribution is 8.14. The predicted molar refractivity (Wildman–Crippen MR) is 234 cm³/mol. The topological polar surface area (TPSA) is 63.7 Å². The summed E-state index contributed by atoms with van der Waals surface area (Å²) in [5.41, 5.74) is -0.570. The van der Waals surface area contributed by atoms with Crippen LogP contribution >= 0.6 is 23.5 Å². The average Bonchev–Trinajstić information content (AvgIpc) is 3.13. The third-order valence-corrected chi connectivity index (χ3v) is 14.2. The normalized spacial score (nSPS) is 14.6. The van der Waals surface area contributed by atoms with Crippen LogP contribution in [0.1, 0.15) is 222 Å². The molecule has 0 unspecified atom stereocenters. The molecule has 0 saturated carbocycles. The molecule has 0 aromatic carbocycles. The molecule has 1 heterocycles. The van der Waals surface area contributed by atoms with Gasteiger partial charge in [-0.2, -0.15) is 0 Å². The van der Waals surface area contributed by atoms with Gasteiger partial charge in [0, 0.05) is 28.8 Å². The van der Waals surface area contributed by atoms with E-state index in [1.807, 2.05) is 0 Å². The maximum Gasteiger partial charge on any atom is 0.306 e. The largest absolute Gasteiger partial charge is 0.462 e. The summed E-state index contributed by atoms with van der Waals surface area (Å²) >= 11 is 3.09. The molecule has 7 heteroatoms. The molecule has 0 radical (unpaired) electrons. The van der Waals surface area contributed by atoms with Crippen LogP contribution in [0.3, 0.4) is 0 Å². The number of esters is 1. The van der Waals surface area contributed by atoms with E-state index in [-0.39, 0.29) is 22.9 Å². The highest BCUT2D eigenvalue weighted by Gasteiger charge is 2.29. The quantitative estimate of drug-likeness (QED) is 0.0476. The van der Waals surface area contributed by atoms with Crippen molar-refractivity contribution < 1.29 is 19.1 Å². The molecule has 1 aliphatic heterocycles. The van der Waals surface area contributed by atoms with Crippen LogP contribution < -0.4 is 0 Å². The SMILES string of the molecule is CCCCCCCCCSC(=O)C(C)(C)CCCCCC(CCCCCC(C)(C)C(=O)SCCCCCCCCC)OC(=O)CC1CCN(CC)CC1. The molecule has 0 bridgehead atoms. The Bertz CT molecular complexity index is 876. The van der Waals surface area contributed by atoms with Gasteiger partial charge in [-0.25, -0.2) is 0 Å². The fraction of sp³-hybridized carbons (Fsp3) is 0.935. The monoisotopic (exact) mass is 782 g/mol. The zero-order valence-corrected chi connectivity index (χ0v) is 37.8. The minimum atomic E-state index is -0.285. The van der Waals surface area contributed by atoms with E-state index in [1.54, 1.807) is 23.5 Å². The van der Waals surface area contributed by atoms with Gasteiger partial charge in [0.15, 0.2) is 10.2 Å². The summed E-state index contributed by atoms with van der Waals surface area (Å²) in [7, 11) is 0. The van der Waals surface area contributed by atoms with Crippen molar-refractivity contribution in [1.29, 1.82) is 0 Å². The van der Waals surface area contributed by atoms with Crippen LogP contribution in [-0.2, 0) is 19.1 Å². The molecule has 0 N–H and O–H groups in total. The first-order chi connectivity index (χ1) is 25.4. The van der Waals surface area contributed by atoms with Crippen LogP contribution in [-0.4, -0.2) is 58.3 Å². The Morgan fingerprint density at radius 1 is 0.585 bits per heavy atom. The standard InChI is InChI=1S/C46H87NO4S2/c1-8-11-13-15-17-19-27-37-52-43(49)45(4,5)33-25-21-23-29-41(51-42(48)39-40-31-35-47(10-3)36-32-40)30-24-22-26-34-46(6,7)44(50)53-38-28-20-18-16-14-12-9-2/h40-41H,8-39H2,1-7H3. The van der Waals surface area contributed by atoms with Gasteiger partial charge in [-0.1, -0.05) is 175 Å². The molecule has 1 fully saturated rings. The van der Waals surface area contributed by atoms with Gasteiger partial charge in [0.25, 0.3) is 0 Å². The van der Waals surface area contributed by atoms with Crippen LogP contribution in [0.15, 0.2) is 0 Å². The molecule has 5 nitrogen and oxygen atoms in total. The smallest absolute Gasteiger partial charge is 0.306 e. The Hall–Kier alpha value is -0.530. The average molecular weight is 782 g/mol. The van der Waals surface area contributed by atoms with Crippen molar-refractivity contribution in [3.05, 3.63) is 0 Å². The summed E-state index contributed by atoms with van der Waals surface area (Å²) < 4.78 is 6.19. The van der Waals surface area contributed by atoms with E-state index >= 15 is 0 Å². The maximum absolute atomic E-state index is 13.1. The molecule has 0 aliphatic carbocycles. The van der Waals surface area contributed by atoms with Crippen molar-refractivity contribution >= 4 is 39.7 Å². The summed E-state index contributed by atoms with van der Waals surface area (Å²) in [5, 5.41) is 0.688. The Kier molecular flexibility index (Phi) is 30.0. The second-order valence-electron chi connectivity index (χ2n) is 17.7. The van der Waals surface area contributed by atoms with E-state index in [4.69, 9.17) is 4.74 Å². The lowest BCUT2D eigenvalue weighted by Gasteiger charge is -2.30. The van der Waals surface area contributed by atoms with Gasteiger partial charge in [0.2, 0.25) is 0 Å². The van der Waals surface area contributed by atoms with Gasteiger partial charge in [-0.15, -0.1) is 0 Å². The highest BCUT2D eigenvalue weighted by Crippen LogP contribution is 2.33. The number of piperidine rings is 1. The van der Waals surface area contributed by atoms with Crippen molar-refractivity contribution in [3.63, 3.8) is 0 Å². The maximum atomic E-state index is 13.1. The lowest BCUT2D eigenvalue weighted by Crippen LogP contribution is -2.34. The number of carbonyl (C=O) groups excluding carboxylic acids is 3. The number of hydrogen-bond acceptors (Lipinski definition) is 7. The minimum Gasteiger partial charge on any atom is -0.462 e. The molecule has 0 atom stereocenters. The van der Waals surface area contributed by atoms with Crippen molar-refractivity contribution in [2.45, 2.75) is 228 Å². The molecular formula is C46H87NO4S2. The number of carbonyl (C=O) groups is 3. The highest BCUT2D eigenvalue weighted by atomic mass is 32.2. The van der Waals surface area contributed by atoms with Gasteiger partial charge in [0.05, 0.1) is 0 Å². The van der Waals surface area contributed by atoms with Crippen LogP contribution in [0.4, 0.5) is 0 Å². The number of hydrogen-bond donors (Lipinski definition) is 0. The zero-order chi connectivity index (χ0) is 39.2. The number of likely N-dealkylation sites (tertiary alicyclic amines) is 1. The molecule has 0 amide bonds. The predicted octanol–water partition coefficient (Wildman–Crippen LogP) is 14.0. The lowest BCUT2D eigenvalue weighted by molar-refractivity contribution is -0.151. The number of rotatable bonds is 34. The molecule has 0 aromatic rings. The molecule has 1 saturated heterocycles. The van der Waals surface area contributed by atoms with E-state index in [0.29, 0.717) is 22.6 Å². The van der Waals surface area contributed by atoms with Crippen molar-refractivity contribution in [3.8, 4) is 0 Å². The van der Waals surface area contributed by atoms with Crippen LogP contribution in [0, 0.1) is 16.7 Å². The van der Waals surface area contributed by atoms with E-state index < -0.39 is 0 Å². The second-order valence-corrected chi connectivity index (χ2v) is 19.8. The fourth-order valence-electron chi connectivity index (χ4n) is 7.51. The van der Waals surface area contributed by atoms with E-state index in [9.17, 15) is 14.4 Å². The Morgan fingerprint density at radius 2 is 0.981 bits per heavy atom. The summed E-state index contributed by atoms with van der Waals surface area (Å²) in [6, 6.07) is 0. The van der Waals surface area contributed by atoms with Crippen LogP contribution in [0.2, 0.25) is 0 Å². The number of unbranched alkanes of at least 4 members (excludes halogenated alkanes) is 16. The van der Waals surface area contributed by atoms with E-state index in [2.05, 4.69) is 53.4 Å². The van der Waals surface area contributed by atoms with Gasteiger partial charge in [0.1, 0.15) is 6.10 Å². The molecule has 0 spiro atoms. The summed E-state index contributed by atoms with van der Waals surface area (Å²) in [4.78, 5) is 41.6. The minimum absolute atomic E-state index is 0.0145. The molecule has 0 aromatic heterocycles. The number of ether oxygens (including phenoxy) is 1. The van der Waals surface area contributed by atoms with Gasteiger partial charge < -0.3 is 9.64 Å². The number of thioether (sulfide) groups is 2.